The van der Waals surface area contributed by atoms with Gasteiger partial charge < -0.3 is 14.8 Å². The Bertz CT molecular complexity index is 371. The minimum absolute atomic E-state index is 0.162. The van der Waals surface area contributed by atoms with E-state index in [1.54, 1.807) is 0 Å². The maximum absolute atomic E-state index is 5.88. The van der Waals surface area contributed by atoms with Gasteiger partial charge in [0.25, 0.3) is 0 Å². The van der Waals surface area contributed by atoms with Crippen molar-refractivity contribution in [2.45, 2.75) is 6.10 Å². The maximum Gasteiger partial charge on any atom is 0.146 e. The van der Waals surface area contributed by atoms with Gasteiger partial charge >= 0.3 is 0 Å². The largest absolute Gasteiger partial charge is 0.489 e. The molecule has 0 aliphatic carbocycles. The van der Waals surface area contributed by atoms with Gasteiger partial charge in [0.2, 0.25) is 0 Å². The predicted molar refractivity (Wildman–Crippen MR) is 92.7 cm³/mol. The molecule has 1 fully saturated rings. The van der Waals surface area contributed by atoms with Gasteiger partial charge in [0.15, 0.2) is 0 Å². The molecule has 1 heterocycles. The van der Waals surface area contributed by atoms with Crippen LogP contribution in [0.1, 0.15) is 0 Å². The van der Waals surface area contributed by atoms with Crippen molar-refractivity contribution in [2.24, 2.45) is 0 Å². The van der Waals surface area contributed by atoms with E-state index in [0.717, 1.165) is 32.6 Å². The Balaban J connectivity index is 1.98. The lowest BCUT2D eigenvalue weighted by Crippen LogP contribution is -2.41. The summed E-state index contributed by atoms with van der Waals surface area (Å²) in [5.41, 5.74) is 0. The Morgan fingerprint density at radius 1 is 1.29 bits per heavy atom. The quantitative estimate of drug-likeness (QED) is 0.567. The highest BCUT2D eigenvalue weighted by molar-refractivity contribution is 14.1. The average Bonchev–Trinajstić information content (AvgIpc) is 2.29. The smallest absolute Gasteiger partial charge is 0.146 e. The van der Waals surface area contributed by atoms with E-state index in [9.17, 15) is 0 Å². The fraction of sp³-hybridized carbons (Fsp3) is 0.455. The maximum atomic E-state index is 5.88. The monoisotopic (exact) mass is 571 g/mol. The Morgan fingerprint density at radius 3 is 2.59 bits per heavy atom. The molecule has 1 aromatic carbocycles. The van der Waals surface area contributed by atoms with E-state index in [2.05, 4.69) is 85.2 Å². The standard InChI is InChI=1S/C11H12I3NO2/c12-7-3-9(13)11(10(14)4-7)17-6-8-5-15-1-2-16-8/h3-4,8,15H,1-2,5-6H2. The molecular formula is C11H12I3NO2. The molecule has 0 radical (unpaired) electrons. The molecule has 94 valence electrons. The number of hydrogen-bond donors (Lipinski definition) is 1. The number of nitrogens with one attached hydrogen (secondary N) is 1. The molecule has 0 amide bonds. The van der Waals surface area contributed by atoms with Crippen molar-refractivity contribution in [3.8, 4) is 5.75 Å². The molecule has 6 heteroatoms. The summed E-state index contributed by atoms with van der Waals surface area (Å²) >= 11 is 6.95. The fourth-order valence-corrected chi connectivity index (χ4v) is 5.46. The highest BCUT2D eigenvalue weighted by Gasteiger charge is 2.16. The third-order valence-corrected chi connectivity index (χ3v) is 4.61. The SMILES string of the molecule is Ic1cc(I)c(OCC2CNCCO2)c(I)c1. The number of benzene rings is 1. The number of morpholine rings is 1. The second kappa shape index (κ2) is 7.06. The molecule has 0 bridgehead atoms. The van der Waals surface area contributed by atoms with E-state index in [1.807, 2.05) is 0 Å². The molecule has 1 N–H and O–H groups in total. The van der Waals surface area contributed by atoms with E-state index < -0.39 is 0 Å². The molecule has 0 aromatic heterocycles. The van der Waals surface area contributed by atoms with Gasteiger partial charge in [-0.25, -0.2) is 0 Å². The highest BCUT2D eigenvalue weighted by Crippen LogP contribution is 2.29. The summed E-state index contributed by atoms with van der Waals surface area (Å²) < 4.78 is 15.0. The lowest BCUT2D eigenvalue weighted by Gasteiger charge is -2.24. The molecular weight excluding hydrogens is 559 g/mol. The van der Waals surface area contributed by atoms with Gasteiger partial charge in [-0.1, -0.05) is 0 Å². The topological polar surface area (TPSA) is 30.5 Å². The normalized spacial score (nSPS) is 20.3. The second-order valence-electron chi connectivity index (χ2n) is 3.71. The summed E-state index contributed by atoms with van der Waals surface area (Å²) in [4.78, 5) is 0. The second-order valence-corrected chi connectivity index (χ2v) is 7.28. The zero-order valence-electron chi connectivity index (χ0n) is 9.01. The van der Waals surface area contributed by atoms with Gasteiger partial charge in [0.1, 0.15) is 18.5 Å². The van der Waals surface area contributed by atoms with Gasteiger partial charge in [-0.15, -0.1) is 0 Å². The first-order valence-corrected chi connectivity index (χ1v) is 8.50. The summed E-state index contributed by atoms with van der Waals surface area (Å²) in [5, 5.41) is 3.30. The van der Waals surface area contributed by atoms with E-state index in [1.165, 1.54) is 3.57 Å². The van der Waals surface area contributed by atoms with E-state index >= 15 is 0 Å². The summed E-state index contributed by atoms with van der Waals surface area (Å²) in [5.74, 6) is 0.973. The highest BCUT2D eigenvalue weighted by atomic mass is 127. The molecule has 2 rings (SSSR count). The number of halogens is 3. The molecule has 17 heavy (non-hydrogen) atoms. The summed E-state index contributed by atoms with van der Waals surface area (Å²) in [7, 11) is 0. The van der Waals surface area contributed by atoms with Crippen molar-refractivity contribution in [3.63, 3.8) is 0 Å². The minimum atomic E-state index is 0.162. The molecule has 1 aromatic rings. The van der Waals surface area contributed by atoms with Crippen LogP contribution in [0.2, 0.25) is 0 Å². The zero-order chi connectivity index (χ0) is 12.3. The van der Waals surface area contributed by atoms with Crippen molar-refractivity contribution < 1.29 is 9.47 Å². The molecule has 1 saturated heterocycles. The van der Waals surface area contributed by atoms with E-state index in [0.29, 0.717) is 6.61 Å². The van der Waals surface area contributed by atoms with Crippen molar-refractivity contribution >= 4 is 67.8 Å². The van der Waals surface area contributed by atoms with Gasteiger partial charge in [-0.3, -0.25) is 0 Å². The van der Waals surface area contributed by atoms with Gasteiger partial charge in [-0.05, 0) is 79.9 Å². The van der Waals surface area contributed by atoms with Crippen molar-refractivity contribution in [2.75, 3.05) is 26.3 Å². The van der Waals surface area contributed by atoms with Crippen LogP contribution in [0.5, 0.6) is 5.75 Å². The first kappa shape index (κ1) is 14.5. The Hall–Kier alpha value is 1.13. The average molecular weight is 571 g/mol. The zero-order valence-corrected chi connectivity index (χ0v) is 15.5. The summed E-state index contributed by atoms with van der Waals surface area (Å²) in [6.07, 6.45) is 0.162. The van der Waals surface area contributed by atoms with Crippen LogP contribution >= 0.6 is 67.8 Å². The third-order valence-electron chi connectivity index (χ3n) is 2.38. The molecule has 1 unspecified atom stereocenters. The van der Waals surface area contributed by atoms with E-state index in [-0.39, 0.29) is 6.10 Å². The first-order valence-electron chi connectivity index (χ1n) is 5.26. The molecule has 1 aliphatic rings. The minimum Gasteiger partial charge on any atom is -0.489 e. The number of ether oxygens (including phenoxy) is 2. The Kier molecular flexibility index (Phi) is 6.03. The lowest BCUT2D eigenvalue weighted by atomic mass is 10.3. The van der Waals surface area contributed by atoms with Gasteiger partial charge in [-0.2, -0.15) is 0 Å². The predicted octanol–water partition coefficient (Wildman–Crippen LogP) is 2.87. The van der Waals surface area contributed by atoms with Crippen molar-refractivity contribution in [1.29, 1.82) is 0 Å². The van der Waals surface area contributed by atoms with Gasteiger partial charge in [0, 0.05) is 16.7 Å². The molecule has 1 atom stereocenters. The van der Waals surface area contributed by atoms with E-state index in [4.69, 9.17) is 9.47 Å². The first-order chi connectivity index (χ1) is 8.16. The summed E-state index contributed by atoms with van der Waals surface area (Å²) in [6.45, 7) is 3.20. The summed E-state index contributed by atoms with van der Waals surface area (Å²) in [6, 6.07) is 4.25. The van der Waals surface area contributed by atoms with Crippen LogP contribution in [0.15, 0.2) is 12.1 Å². The Morgan fingerprint density at radius 2 is 2.00 bits per heavy atom. The number of hydrogen-bond acceptors (Lipinski definition) is 3. The molecule has 0 spiro atoms. The van der Waals surface area contributed by atoms with Crippen LogP contribution in [0, 0.1) is 10.7 Å². The van der Waals surface area contributed by atoms with Crippen LogP contribution in [-0.2, 0) is 4.74 Å². The van der Waals surface area contributed by atoms with Gasteiger partial charge in [0.05, 0.1) is 13.7 Å². The van der Waals surface area contributed by atoms with Crippen molar-refractivity contribution in [3.05, 3.63) is 22.8 Å². The van der Waals surface area contributed by atoms with Crippen molar-refractivity contribution in [1.82, 2.24) is 5.32 Å². The fourth-order valence-electron chi connectivity index (χ4n) is 1.57. The Labute approximate surface area is 142 Å². The molecule has 1 aliphatic heterocycles. The molecule has 3 nitrogen and oxygen atoms in total. The third kappa shape index (κ3) is 4.32. The van der Waals surface area contributed by atoms with Crippen LogP contribution < -0.4 is 10.1 Å². The van der Waals surface area contributed by atoms with Crippen LogP contribution in [0.4, 0.5) is 0 Å². The molecule has 0 saturated carbocycles. The lowest BCUT2D eigenvalue weighted by molar-refractivity contribution is -0.000160. The van der Waals surface area contributed by atoms with Crippen LogP contribution in [0.25, 0.3) is 0 Å². The van der Waals surface area contributed by atoms with Crippen LogP contribution in [-0.4, -0.2) is 32.4 Å². The van der Waals surface area contributed by atoms with Crippen LogP contribution in [0.3, 0.4) is 0 Å². The number of rotatable bonds is 3.